The van der Waals surface area contributed by atoms with Crippen molar-refractivity contribution in [3.05, 3.63) is 29.3 Å². The molecule has 0 saturated carbocycles. The molecular weight excluding hydrogens is 288 g/mol. The molecule has 2 amide bonds. The maximum Gasteiger partial charge on any atom is 0.321 e. The van der Waals surface area contributed by atoms with Crippen LogP contribution >= 0.6 is 11.6 Å². The van der Waals surface area contributed by atoms with E-state index in [9.17, 15) is 13.2 Å². The summed E-state index contributed by atoms with van der Waals surface area (Å²) in [5.41, 5.74) is 0.525. The van der Waals surface area contributed by atoms with E-state index in [1.54, 1.807) is 24.3 Å². The lowest BCUT2D eigenvalue weighted by atomic mass is 10.3. The van der Waals surface area contributed by atoms with Gasteiger partial charge in [0, 0.05) is 19.3 Å². The number of para-hydroxylation sites is 1. The maximum absolute atomic E-state index is 12.0. The van der Waals surface area contributed by atoms with E-state index in [4.69, 9.17) is 11.6 Å². The Balaban J connectivity index is 2.01. The first-order valence-corrected chi connectivity index (χ1v) is 8.20. The molecule has 2 rings (SSSR count). The Morgan fingerprint density at radius 2 is 2.11 bits per heavy atom. The number of hydrogen-bond donors (Lipinski definition) is 1. The predicted octanol–water partition coefficient (Wildman–Crippen LogP) is 1.99. The molecule has 1 aliphatic heterocycles. The Bertz CT molecular complexity index is 588. The van der Waals surface area contributed by atoms with E-state index in [0.717, 1.165) is 0 Å². The molecule has 1 aliphatic rings. The second-order valence-corrected chi connectivity index (χ2v) is 7.33. The van der Waals surface area contributed by atoms with Crippen molar-refractivity contribution < 1.29 is 13.2 Å². The second-order valence-electron chi connectivity index (χ2n) is 4.60. The van der Waals surface area contributed by atoms with Crippen molar-refractivity contribution in [1.82, 2.24) is 4.90 Å². The first kappa shape index (κ1) is 14.1. The van der Waals surface area contributed by atoms with Crippen LogP contribution in [0.3, 0.4) is 0 Å². The van der Waals surface area contributed by atoms with E-state index >= 15 is 0 Å². The van der Waals surface area contributed by atoms with Crippen LogP contribution in [0.25, 0.3) is 0 Å². The zero-order valence-electron chi connectivity index (χ0n) is 10.5. The summed E-state index contributed by atoms with van der Waals surface area (Å²) in [6.07, 6.45) is 1.68. The molecule has 1 N–H and O–H groups in total. The highest BCUT2D eigenvalue weighted by atomic mass is 35.5. The first-order valence-electron chi connectivity index (χ1n) is 5.87. The number of nitrogens with zero attached hydrogens (tertiary/aromatic N) is 1. The van der Waals surface area contributed by atoms with Gasteiger partial charge in [0.1, 0.15) is 0 Å². The molecule has 1 aromatic carbocycles. The van der Waals surface area contributed by atoms with Crippen LogP contribution in [0.15, 0.2) is 24.3 Å². The second kappa shape index (κ2) is 5.38. The highest BCUT2D eigenvalue weighted by molar-refractivity contribution is 7.91. The van der Waals surface area contributed by atoms with Gasteiger partial charge in [0.05, 0.1) is 16.0 Å². The van der Waals surface area contributed by atoms with Crippen LogP contribution in [-0.2, 0) is 9.84 Å². The normalized spacial score (nSPS) is 19.5. The van der Waals surface area contributed by atoms with Gasteiger partial charge in [-0.1, -0.05) is 23.7 Å². The van der Waals surface area contributed by atoms with Crippen molar-refractivity contribution in [2.45, 2.75) is 11.7 Å². The number of carbonyl (C=O) groups excluding carboxylic acids is 1. The maximum atomic E-state index is 12.0. The van der Waals surface area contributed by atoms with E-state index in [1.165, 1.54) is 11.2 Å². The molecule has 1 unspecified atom stereocenters. The lowest BCUT2D eigenvalue weighted by Crippen LogP contribution is -2.34. The summed E-state index contributed by atoms with van der Waals surface area (Å²) >= 11 is 5.95. The monoisotopic (exact) mass is 302 g/mol. The van der Waals surface area contributed by atoms with Crippen LogP contribution in [-0.4, -0.2) is 43.9 Å². The van der Waals surface area contributed by atoms with Gasteiger partial charge in [-0.2, -0.15) is 0 Å². The summed E-state index contributed by atoms with van der Waals surface area (Å²) < 4.78 is 22.9. The standard InChI is InChI=1S/C12H15ClN2O3S/c1-19(17,18)9-6-7-15(8-9)12(16)14-11-5-3-2-4-10(11)13/h2-5,9H,6-8H2,1H3,(H,14,16). The smallest absolute Gasteiger partial charge is 0.321 e. The van der Waals surface area contributed by atoms with Gasteiger partial charge in [0.25, 0.3) is 0 Å². The highest BCUT2D eigenvalue weighted by Crippen LogP contribution is 2.22. The third-order valence-electron chi connectivity index (χ3n) is 3.15. The van der Waals surface area contributed by atoms with Gasteiger partial charge in [0.2, 0.25) is 0 Å². The van der Waals surface area contributed by atoms with Crippen molar-refractivity contribution in [2.24, 2.45) is 0 Å². The van der Waals surface area contributed by atoms with E-state index in [-0.39, 0.29) is 12.6 Å². The van der Waals surface area contributed by atoms with E-state index < -0.39 is 15.1 Å². The van der Waals surface area contributed by atoms with Crippen LogP contribution in [0.2, 0.25) is 5.02 Å². The van der Waals surface area contributed by atoms with Gasteiger partial charge in [0.15, 0.2) is 9.84 Å². The SMILES string of the molecule is CS(=O)(=O)C1CCN(C(=O)Nc2ccccc2Cl)C1. The number of benzene rings is 1. The molecule has 0 radical (unpaired) electrons. The van der Waals surface area contributed by atoms with Crippen molar-refractivity contribution in [1.29, 1.82) is 0 Å². The van der Waals surface area contributed by atoms with Crippen molar-refractivity contribution in [2.75, 3.05) is 24.7 Å². The number of urea groups is 1. The van der Waals surface area contributed by atoms with E-state index in [0.29, 0.717) is 23.7 Å². The molecule has 0 aromatic heterocycles. The number of carbonyl (C=O) groups is 1. The minimum atomic E-state index is -3.10. The molecule has 1 atom stereocenters. The Kier molecular flexibility index (Phi) is 4.01. The van der Waals surface area contributed by atoms with Crippen LogP contribution in [0.5, 0.6) is 0 Å². The molecule has 19 heavy (non-hydrogen) atoms. The molecular formula is C12H15ClN2O3S. The van der Waals surface area contributed by atoms with Crippen LogP contribution in [0.4, 0.5) is 10.5 Å². The van der Waals surface area contributed by atoms with Gasteiger partial charge in [-0.15, -0.1) is 0 Å². The largest absolute Gasteiger partial charge is 0.323 e. The Morgan fingerprint density at radius 3 is 2.68 bits per heavy atom. The fraction of sp³-hybridized carbons (Fsp3) is 0.417. The van der Waals surface area contributed by atoms with Crippen molar-refractivity contribution >= 4 is 33.2 Å². The molecule has 1 heterocycles. The number of sulfone groups is 1. The quantitative estimate of drug-likeness (QED) is 0.908. The molecule has 7 heteroatoms. The molecule has 104 valence electrons. The summed E-state index contributed by atoms with van der Waals surface area (Å²) in [4.78, 5) is 13.5. The van der Waals surface area contributed by atoms with Crippen molar-refractivity contribution in [3.8, 4) is 0 Å². The number of anilines is 1. The third kappa shape index (κ3) is 3.39. The molecule has 0 bridgehead atoms. The average Bonchev–Trinajstić information content (AvgIpc) is 2.81. The van der Waals surface area contributed by atoms with Crippen LogP contribution in [0.1, 0.15) is 6.42 Å². The third-order valence-corrected chi connectivity index (χ3v) is 5.08. The minimum Gasteiger partial charge on any atom is -0.323 e. The molecule has 5 nitrogen and oxygen atoms in total. The Labute approximate surface area is 117 Å². The molecule has 0 aliphatic carbocycles. The van der Waals surface area contributed by atoms with Crippen LogP contribution in [0, 0.1) is 0 Å². The predicted molar refractivity (Wildman–Crippen MR) is 75.3 cm³/mol. The summed E-state index contributed by atoms with van der Waals surface area (Å²) in [5, 5.41) is 2.67. The number of halogens is 1. The molecule has 1 saturated heterocycles. The van der Waals surface area contributed by atoms with Crippen molar-refractivity contribution in [3.63, 3.8) is 0 Å². The van der Waals surface area contributed by atoms with Gasteiger partial charge >= 0.3 is 6.03 Å². The average molecular weight is 303 g/mol. The first-order chi connectivity index (χ1) is 8.88. The summed E-state index contributed by atoms with van der Waals surface area (Å²) in [5.74, 6) is 0. The van der Waals surface area contributed by atoms with Crippen LogP contribution < -0.4 is 5.32 Å². The number of amides is 2. The molecule has 1 aromatic rings. The minimum absolute atomic E-state index is 0.231. The fourth-order valence-electron chi connectivity index (χ4n) is 2.02. The number of nitrogens with one attached hydrogen (secondary N) is 1. The number of rotatable bonds is 2. The summed E-state index contributed by atoms with van der Waals surface area (Å²) in [6.45, 7) is 0.670. The highest BCUT2D eigenvalue weighted by Gasteiger charge is 2.32. The lowest BCUT2D eigenvalue weighted by molar-refractivity contribution is 0.222. The summed E-state index contributed by atoms with van der Waals surface area (Å²) in [7, 11) is -3.10. The zero-order valence-corrected chi connectivity index (χ0v) is 12.0. The topological polar surface area (TPSA) is 66.5 Å². The number of likely N-dealkylation sites (tertiary alicyclic amines) is 1. The fourth-order valence-corrected chi connectivity index (χ4v) is 3.19. The zero-order chi connectivity index (χ0) is 14.0. The van der Waals surface area contributed by atoms with Gasteiger partial charge in [-0.05, 0) is 18.6 Å². The van der Waals surface area contributed by atoms with Gasteiger partial charge < -0.3 is 10.2 Å². The Hall–Kier alpha value is -1.27. The lowest BCUT2D eigenvalue weighted by Gasteiger charge is -2.17. The number of hydrogen-bond acceptors (Lipinski definition) is 3. The molecule has 0 spiro atoms. The molecule has 1 fully saturated rings. The van der Waals surface area contributed by atoms with Gasteiger partial charge in [-0.25, -0.2) is 13.2 Å². The van der Waals surface area contributed by atoms with Gasteiger partial charge in [-0.3, -0.25) is 0 Å². The Morgan fingerprint density at radius 1 is 1.42 bits per heavy atom. The van der Waals surface area contributed by atoms with E-state index in [1.807, 2.05) is 0 Å². The summed E-state index contributed by atoms with van der Waals surface area (Å²) in [6, 6.07) is 6.60. The van der Waals surface area contributed by atoms with E-state index in [2.05, 4.69) is 5.32 Å².